The molecule has 0 bridgehead atoms. The number of hydrogen-bond acceptors (Lipinski definition) is 2. The second-order valence-corrected chi connectivity index (χ2v) is 5.96. The van der Waals surface area contributed by atoms with Crippen LogP contribution >= 0.6 is 0 Å². The van der Waals surface area contributed by atoms with Crippen molar-refractivity contribution in [1.29, 1.82) is 0 Å². The van der Waals surface area contributed by atoms with Gasteiger partial charge in [0.1, 0.15) is 0 Å². The molecule has 0 N–H and O–H groups in total. The maximum absolute atomic E-state index is 12.1. The quantitative estimate of drug-likeness (QED) is 0.795. The number of hydrogen-bond donors (Lipinski definition) is 0. The van der Waals surface area contributed by atoms with Crippen molar-refractivity contribution < 1.29 is 4.79 Å². The van der Waals surface area contributed by atoms with E-state index in [9.17, 15) is 4.79 Å². The molecule has 0 saturated carbocycles. The van der Waals surface area contributed by atoms with Gasteiger partial charge in [-0.3, -0.25) is 4.79 Å². The normalized spacial score (nSPS) is 18.0. The highest BCUT2D eigenvalue weighted by molar-refractivity contribution is 6.19. The maximum Gasteiger partial charge on any atom is 0.161 e. The monoisotopic (exact) mass is 291 g/mol. The fraction of sp³-hybridized carbons (Fsp3) is 0.250. The Morgan fingerprint density at radius 3 is 2.36 bits per heavy atom. The Bertz CT molecular complexity index is 703. The van der Waals surface area contributed by atoms with Gasteiger partial charge in [0.25, 0.3) is 0 Å². The van der Waals surface area contributed by atoms with Crippen molar-refractivity contribution in [2.45, 2.75) is 32.9 Å². The van der Waals surface area contributed by atoms with Gasteiger partial charge in [0.2, 0.25) is 0 Å². The molecule has 112 valence electrons. The highest BCUT2D eigenvalue weighted by atomic mass is 16.1. The third kappa shape index (κ3) is 2.96. The summed E-state index contributed by atoms with van der Waals surface area (Å²) in [6.45, 7) is 4.72. The van der Waals surface area contributed by atoms with Gasteiger partial charge < -0.3 is 4.90 Å². The lowest BCUT2D eigenvalue weighted by molar-refractivity contribution is -0.111. The van der Waals surface area contributed by atoms with E-state index < -0.39 is 0 Å². The van der Waals surface area contributed by atoms with E-state index in [-0.39, 0.29) is 5.78 Å². The van der Waals surface area contributed by atoms with Crippen LogP contribution in [0.3, 0.4) is 0 Å². The molecule has 0 saturated heterocycles. The molecule has 22 heavy (non-hydrogen) atoms. The van der Waals surface area contributed by atoms with Crippen molar-refractivity contribution in [2.24, 2.45) is 0 Å². The average molecular weight is 291 g/mol. The van der Waals surface area contributed by atoms with Crippen LogP contribution in [0, 0.1) is 0 Å². The van der Waals surface area contributed by atoms with Crippen LogP contribution < -0.4 is 0 Å². The van der Waals surface area contributed by atoms with E-state index in [2.05, 4.69) is 36.1 Å². The number of nitrogens with zero attached hydrogens (tertiary/aromatic N) is 1. The van der Waals surface area contributed by atoms with Crippen LogP contribution in [-0.4, -0.2) is 16.7 Å². The van der Waals surface area contributed by atoms with E-state index in [4.69, 9.17) is 0 Å². The van der Waals surface area contributed by atoms with Gasteiger partial charge in [0, 0.05) is 24.4 Å². The first-order valence-electron chi connectivity index (χ1n) is 7.76. The Kier molecular flexibility index (Phi) is 4.10. The molecule has 1 aliphatic heterocycles. The van der Waals surface area contributed by atoms with Crippen LogP contribution in [0.2, 0.25) is 0 Å². The second kappa shape index (κ2) is 6.18. The van der Waals surface area contributed by atoms with Crippen molar-refractivity contribution in [3.05, 3.63) is 77.5 Å². The zero-order valence-electron chi connectivity index (χ0n) is 13.1. The molecular weight excluding hydrogens is 270 g/mol. The lowest BCUT2D eigenvalue weighted by Gasteiger charge is -2.34. The summed E-state index contributed by atoms with van der Waals surface area (Å²) in [5.74, 6) is 0.109. The topological polar surface area (TPSA) is 20.3 Å². The number of rotatable bonds is 3. The molecular formula is C20H21NO. The van der Waals surface area contributed by atoms with Crippen LogP contribution in [0.4, 0.5) is 0 Å². The van der Waals surface area contributed by atoms with Gasteiger partial charge in [-0.1, -0.05) is 54.6 Å². The SMILES string of the molecule is CC(=O)/C(=C\N1Cc2ccccc2CC1C)c1ccccc1. The fourth-order valence-electron chi connectivity index (χ4n) is 3.02. The highest BCUT2D eigenvalue weighted by Gasteiger charge is 2.21. The minimum atomic E-state index is 0.109. The minimum Gasteiger partial charge on any atom is -0.369 e. The summed E-state index contributed by atoms with van der Waals surface area (Å²) in [7, 11) is 0. The number of benzene rings is 2. The Morgan fingerprint density at radius 1 is 1.05 bits per heavy atom. The molecule has 2 aromatic carbocycles. The molecule has 0 fully saturated rings. The fourth-order valence-corrected chi connectivity index (χ4v) is 3.02. The van der Waals surface area contributed by atoms with Gasteiger partial charge in [-0.2, -0.15) is 0 Å². The van der Waals surface area contributed by atoms with E-state index >= 15 is 0 Å². The molecule has 1 aliphatic rings. The lowest BCUT2D eigenvalue weighted by atomic mass is 9.94. The molecule has 0 aliphatic carbocycles. The van der Waals surface area contributed by atoms with E-state index in [1.807, 2.05) is 36.5 Å². The van der Waals surface area contributed by atoms with Crippen LogP contribution in [0.25, 0.3) is 5.57 Å². The summed E-state index contributed by atoms with van der Waals surface area (Å²) in [6, 6.07) is 18.9. The molecule has 2 aromatic rings. The second-order valence-electron chi connectivity index (χ2n) is 5.96. The molecule has 1 unspecified atom stereocenters. The zero-order chi connectivity index (χ0) is 15.5. The van der Waals surface area contributed by atoms with E-state index in [0.29, 0.717) is 6.04 Å². The van der Waals surface area contributed by atoms with Crippen molar-refractivity contribution in [3.8, 4) is 0 Å². The minimum absolute atomic E-state index is 0.109. The van der Waals surface area contributed by atoms with Crippen LogP contribution in [0.1, 0.15) is 30.5 Å². The standard InChI is InChI=1S/C20H21NO/c1-15-12-18-10-6-7-11-19(18)13-21(15)14-20(16(2)22)17-8-4-3-5-9-17/h3-11,14-15H,12-13H2,1-2H3/b20-14+. The van der Waals surface area contributed by atoms with Crippen molar-refractivity contribution in [2.75, 3.05) is 0 Å². The number of allylic oxidation sites excluding steroid dienone is 1. The summed E-state index contributed by atoms with van der Waals surface area (Å²) in [6.07, 6.45) is 3.06. The molecule has 2 nitrogen and oxygen atoms in total. The summed E-state index contributed by atoms with van der Waals surface area (Å²) in [5, 5.41) is 0. The first kappa shape index (κ1) is 14.6. The molecule has 1 heterocycles. The van der Waals surface area contributed by atoms with Gasteiger partial charge in [-0.25, -0.2) is 0 Å². The predicted octanol–water partition coefficient (Wildman–Crippen LogP) is 4.06. The lowest BCUT2D eigenvalue weighted by Crippen LogP contribution is -2.34. The molecule has 1 atom stereocenters. The molecule has 0 aromatic heterocycles. The number of carbonyl (C=O) groups excluding carboxylic acids is 1. The third-order valence-electron chi connectivity index (χ3n) is 4.31. The molecule has 3 rings (SSSR count). The van der Waals surface area contributed by atoms with Gasteiger partial charge >= 0.3 is 0 Å². The average Bonchev–Trinajstić information content (AvgIpc) is 2.53. The van der Waals surface area contributed by atoms with Gasteiger partial charge in [-0.05, 0) is 37.0 Å². The third-order valence-corrected chi connectivity index (χ3v) is 4.31. The van der Waals surface area contributed by atoms with Crippen LogP contribution in [0.5, 0.6) is 0 Å². The van der Waals surface area contributed by atoms with Crippen LogP contribution in [-0.2, 0) is 17.8 Å². The first-order chi connectivity index (χ1) is 10.6. The van der Waals surface area contributed by atoms with Crippen molar-refractivity contribution >= 4 is 11.4 Å². The van der Waals surface area contributed by atoms with Gasteiger partial charge in [-0.15, -0.1) is 0 Å². The van der Waals surface area contributed by atoms with Crippen LogP contribution in [0.15, 0.2) is 60.8 Å². The summed E-state index contributed by atoms with van der Waals surface area (Å²) in [4.78, 5) is 14.4. The van der Waals surface area contributed by atoms with Gasteiger partial charge in [0.05, 0.1) is 0 Å². The zero-order valence-corrected chi connectivity index (χ0v) is 13.1. The summed E-state index contributed by atoms with van der Waals surface area (Å²) < 4.78 is 0. The largest absolute Gasteiger partial charge is 0.369 e. The van der Waals surface area contributed by atoms with E-state index in [0.717, 1.165) is 24.1 Å². The Balaban J connectivity index is 1.94. The smallest absolute Gasteiger partial charge is 0.161 e. The Hall–Kier alpha value is -2.35. The first-order valence-corrected chi connectivity index (χ1v) is 7.76. The molecule has 2 heteroatoms. The van der Waals surface area contributed by atoms with Crippen molar-refractivity contribution in [3.63, 3.8) is 0 Å². The Morgan fingerprint density at radius 2 is 1.68 bits per heavy atom. The Labute approximate surface area is 132 Å². The number of Topliss-reactive ketones (excluding diaryl/α,β-unsaturated/α-hetero) is 1. The van der Waals surface area contributed by atoms with Gasteiger partial charge in [0.15, 0.2) is 5.78 Å². The highest BCUT2D eigenvalue weighted by Crippen LogP contribution is 2.26. The molecule has 0 spiro atoms. The number of carbonyl (C=O) groups is 1. The van der Waals surface area contributed by atoms with E-state index in [1.165, 1.54) is 11.1 Å². The number of ketones is 1. The maximum atomic E-state index is 12.1. The molecule has 0 amide bonds. The molecule has 0 radical (unpaired) electrons. The predicted molar refractivity (Wildman–Crippen MR) is 90.3 cm³/mol. The summed E-state index contributed by atoms with van der Waals surface area (Å²) in [5.41, 5.74) is 4.55. The summed E-state index contributed by atoms with van der Waals surface area (Å²) >= 11 is 0. The number of fused-ring (bicyclic) bond motifs is 1. The van der Waals surface area contributed by atoms with Crippen molar-refractivity contribution in [1.82, 2.24) is 4.90 Å². The van der Waals surface area contributed by atoms with E-state index in [1.54, 1.807) is 6.92 Å².